The van der Waals surface area contributed by atoms with E-state index in [0.29, 0.717) is 11.5 Å². The van der Waals surface area contributed by atoms with Gasteiger partial charge in [0, 0.05) is 36.1 Å². The number of anilines is 1. The Balaban J connectivity index is 1.35. The standard InChI is InChI=1S/C27H21N3O2/c31-27-16-26(24-8-1-2-9-25(24)30-27)32-23-7-3-6-21(15-23)20-10-12-22(13-11-20)29-18-19-5-4-14-28-17-19/h1-17,29H,18H2,(H,30,31). The minimum atomic E-state index is -0.191. The topological polar surface area (TPSA) is 67.0 Å². The van der Waals surface area contributed by atoms with Crippen molar-refractivity contribution in [2.45, 2.75) is 6.54 Å². The Hall–Kier alpha value is -4.38. The molecule has 2 N–H and O–H groups in total. The first-order valence-corrected chi connectivity index (χ1v) is 10.4. The zero-order valence-corrected chi connectivity index (χ0v) is 17.3. The van der Waals surface area contributed by atoms with Gasteiger partial charge in [-0.15, -0.1) is 0 Å². The van der Waals surface area contributed by atoms with E-state index in [9.17, 15) is 4.79 Å². The molecule has 0 saturated carbocycles. The summed E-state index contributed by atoms with van der Waals surface area (Å²) in [5.74, 6) is 1.22. The van der Waals surface area contributed by atoms with E-state index >= 15 is 0 Å². The summed E-state index contributed by atoms with van der Waals surface area (Å²) in [6, 6.07) is 29.2. The number of hydrogen-bond acceptors (Lipinski definition) is 4. The lowest BCUT2D eigenvalue weighted by Crippen LogP contribution is -2.04. The van der Waals surface area contributed by atoms with E-state index in [-0.39, 0.29) is 5.56 Å². The summed E-state index contributed by atoms with van der Waals surface area (Å²) in [7, 11) is 0. The SMILES string of the molecule is O=c1cc(Oc2cccc(-c3ccc(NCc4cccnc4)cc3)c2)c2ccccc2[nH]1. The molecule has 0 radical (unpaired) electrons. The number of nitrogens with one attached hydrogen (secondary N) is 2. The van der Waals surface area contributed by atoms with Gasteiger partial charge in [0.05, 0.1) is 5.52 Å². The van der Waals surface area contributed by atoms with E-state index in [1.54, 1.807) is 6.20 Å². The van der Waals surface area contributed by atoms with Gasteiger partial charge in [-0.25, -0.2) is 0 Å². The molecule has 5 heteroatoms. The largest absolute Gasteiger partial charge is 0.456 e. The van der Waals surface area contributed by atoms with Crippen molar-refractivity contribution in [3.05, 3.63) is 119 Å². The van der Waals surface area contributed by atoms with Gasteiger partial charge in [-0.1, -0.05) is 42.5 Å². The molecule has 5 aromatic rings. The highest BCUT2D eigenvalue weighted by Crippen LogP contribution is 2.31. The van der Waals surface area contributed by atoms with Crippen molar-refractivity contribution < 1.29 is 4.74 Å². The van der Waals surface area contributed by atoms with E-state index in [2.05, 4.69) is 39.6 Å². The lowest BCUT2D eigenvalue weighted by molar-refractivity contribution is 0.487. The molecule has 0 atom stereocenters. The van der Waals surface area contributed by atoms with Gasteiger partial charge in [-0.05, 0) is 59.2 Å². The van der Waals surface area contributed by atoms with E-state index in [4.69, 9.17) is 4.74 Å². The molecule has 0 spiro atoms. The van der Waals surface area contributed by atoms with Crippen LogP contribution in [0, 0.1) is 0 Å². The number of aromatic nitrogens is 2. The molecule has 0 saturated heterocycles. The van der Waals surface area contributed by atoms with Crippen LogP contribution in [-0.2, 0) is 6.54 Å². The number of aromatic amines is 1. The number of pyridine rings is 2. The molecule has 5 nitrogen and oxygen atoms in total. The number of rotatable bonds is 6. The van der Waals surface area contributed by atoms with Crippen LogP contribution in [0.4, 0.5) is 5.69 Å². The van der Waals surface area contributed by atoms with Crippen molar-refractivity contribution in [3.8, 4) is 22.6 Å². The van der Waals surface area contributed by atoms with Crippen LogP contribution in [0.5, 0.6) is 11.5 Å². The molecule has 32 heavy (non-hydrogen) atoms. The Kier molecular flexibility index (Phi) is 5.37. The van der Waals surface area contributed by atoms with Crippen LogP contribution in [0.25, 0.3) is 22.0 Å². The average molecular weight is 419 g/mol. The maximum Gasteiger partial charge on any atom is 0.252 e. The Morgan fingerprint density at radius 3 is 2.56 bits per heavy atom. The number of benzene rings is 3. The average Bonchev–Trinajstić information content (AvgIpc) is 2.84. The highest BCUT2D eigenvalue weighted by Gasteiger charge is 2.07. The van der Waals surface area contributed by atoms with Crippen LogP contribution in [0.2, 0.25) is 0 Å². The number of fused-ring (bicyclic) bond motifs is 1. The smallest absolute Gasteiger partial charge is 0.252 e. The molecule has 0 aliphatic rings. The van der Waals surface area contributed by atoms with E-state index in [1.807, 2.05) is 66.9 Å². The molecule has 0 fully saturated rings. The number of nitrogens with zero attached hydrogens (tertiary/aromatic N) is 1. The minimum Gasteiger partial charge on any atom is -0.456 e. The Labute approximate surface area is 185 Å². The molecule has 3 aromatic carbocycles. The van der Waals surface area contributed by atoms with Crippen molar-refractivity contribution in [1.82, 2.24) is 9.97 Å². The van der Waals surface area contributed by atoms with E-state index in [0.717, 1.165) is 39.8 Å². The Morgan fingerprint density at radius 2 is 1.72 bits per heavy atom. The third-order valence-electron chi connectivity index (χ3n) is 5.21. The van der Waals surface area contributed by atoms with Crippen molar-refractivity contribution in [3.63, 3.8) is 0 Å². The second kappa shape index (κ2) is 8.78. The van der Waals surface area contributed by atoms with Crippen LogP contribution in [0.3, 0.4) is 0 Å². The van der Waals surface area contributed by atoms with Crippen molar-refractivity contribution in [2.75, 3.05) is 5.32 Å². The first-order valence-electron chi connectivity index (χ1n) is 10.4. The molecular formula is C27H21N3O2. The Bertz CT molecular complexity index is 1410. The third-order valence-corrected chi connectivity index (χ3v) is 5.21. The number of hydrogen-bond donors (Lipinski definition) is 2. The zero-order valence-electron chi connectivity index (χ0n) is 17.3. The predicted molar refractivity (Wildman–Crippen MR) is 128 cm³/mol. The fourth-order valence-corrected chi connectivity index (χ4v) is 3.61. The van der Waals surface area contributed by atoms with Crippen molar-refractivity contribution >= 4 is 16.6 Å². The van der Waals surface area contributed by atoms with Gasteiger partial charge in [-0.2, -0.15) is 0 Å². The summed E-state index contributed by atoms with van der Waals surface area (Å²) in [6.45, 7) is 0.723. The van der Waals surface area contributed by atoms with Crippen molar-refractivity contribution in [2.24, 2.45) is 0 Å². The van der Waals surface area contributed by atoms with Gasteiger partial charge < -0.3 is 15.0 Å². The molecule has 0 aliphatic heterocycles. The maximum absolute atomic E-state index is 12.0. The first-order chi connectivity index (χ1) is 15.7. The van der Waals surface area contributed by atoms with Gasteiger partial charge in [-0.3, -0.25) is 9.78 Å². The number of ether oxygens (including phenoxy) is 1. The summed E-state index contributed by atoms with van der Waals surface area (Å²) in [5.41, 5.74) is 4.85. The van der Waals surface area contributed by atoms with Gasteiger partial charge in [0.2, 0.25) is 0 Å². The normalized spacial score (nSPS) is 10.8. The molecule has 5 rings (SSSR count). The van der Waals surface area contributed by atoms with Crippen LogP contribution < -0.4 is 15.6 Å². The highest BCUT2D eigenvalue weighted by atomic mass is 16.5. The number of para-hydroxylation sites is 1. The summed E-state index contributed by atoms with van der Waals surface area (Å²) < 4.78 is 6.11. The van der Waals surface area contributed by atoms with Crippen LogP contribution in [-0.4, -0.2) is 9.97 Å². The summed E-state index contributed by atoms with van der Waals surface area (Å²) in [5, 5.41) is 4.27. The molecule has 0 amide bonds. The maximum atomic E-state index is 12.0. The van der Waals surface area contributed by atoms with Crippen molar-refractivity contribution in [1.29, 1.82) is 0 Å². The van der Waals surface area contributed by atoms with Crippen LogP contribution in [0.15, 0.2) is 108 Å². The van der Waals surface area contributed by atoms with E-state index < -0.39 is 0 Å². The second-order valence-corrected chi connectivity index (χ2v) is 7.47. The van der Waals surface area contributed by atoms with Gasteiger partial charge in [0.25, 0.3) is 5.56 Å². The van der Waals surface area contributed by atoms with Gasteiger partial charge in [0.15, 0.2) is 0 Å². The molecule has 0 unspecified atom stereocenters. The number of H-pyrrole nitrogens is 1. The van der Waals surface area contributed by atoms with Gasteiger partial charge in [0.1, 0.15) is 11.5 Å². The quantitative estimate of drug-likeness (QED) is 0.354. The molecule has 0 aliphatic carbocycles. The lowest BCUT2D eigenvalue weighted by Gasteiger charge is -2.11. The molecule has 0 bridgehead atoms. The monoisotopic (exact) mass is 419 g/mol. The molecule has 156 valence electrons. The predicted octanol–water partition coefficient (Wildman–Crippen LogP) is 5.99. The summed E-state index contributed by atoms with van der Waals surface area (Å²) in [4.78, 5) is 19.0. The van der Waals surface area contributed by atoms with Crippen LogP contribution >= 0.6 is 0 Å². The second-order valence-electron chi connectivity index (χ2n) is 7.47. The summed E-state index contributed by atoms with van der Waals surface area (Å²) >= 11 is 0. The fraction of sp³-hybridized carbons (Fsp3) is 0.0370. The fourth-order valence-electron chi connectivity index (χ4n) is 3.61. The van der Waals surface area contributed by atoms with Crippen LogP contribution in [0.1, 0.15) is 5.56 Å². The highest BCUT2D eigenvalue weighted by molar-refractivity contribution is 5.85. The van der Waals surface area contributed by atoms with E-state index in [1.165, 1.54) is 6.07 Å². The zero-order chi connectivity index (χ0) is 21.8. The first kappa shape index (κ1) is 19.6. The lowest BCUT2D eigenvalue weighted by atomic mass is 10.1. The molecular weight excluding hydrogens is 398 g/mol. The Morgan fingerprint density at radius 1 is 0.844 bits per heavy atom. The molecule has 2 heterocycles. The summed E-state index contributed by atoms with van der Waals surface area (Å²) in [6.07, 6.45) is 3.63. The minimum absolute atomic E-state index is 0.191. The third kappa shape index (κ3) is 4.37. The molecule has 2 aromatic heterocycles. The van der Waals surface area contributed by atoms with Gasteiger partial charge >= 0.3 is 0 Å².